The molecule has 0 aliphatic rings. The summed E-state index contributed by atoms with van der Waals surface area (Å²) in [6.45, 7) is 4.11. The van der Waals surface area contributed by atoms with E-state index in [0.717, 1.165) is 41.5 Å². The van der Waals surface area contributed by atoms with Crippen molar-refractivity contribution >= 4 is 34.5 Å². The Morgan fingerprint density at radius 2 is 1.89 bits per heavy atom. The van der Waals surface area contributed by atoms with Crippen molar-refractivity contribution in [1.82, 2.24) is 15.5 Å². The van der Waals surface area contributed by atoms with Crippen LogP contribution in [0.1, 0.15) is 18.4 Å². The Hall–Kier alpha value is -0.680. The van der Waals surface area contributed by atoms with Gasteiger partial charge in [0.25, 0.3) is 0 Å². The molecule has 0 bridgehead atoms. The molecule has 0 saturated carbocycles. The third kappa shape index (κ3) is 4.42. The van der Waals surface area contributed by atoms with Gasteiger partial charge in [0, 0.05) is 22.0 Å². The molecule has 102 valence electrons. The predicted octanol–water partition coefficient (Wildman–Crippen LogP) is 4.05. The van der Waals surface area contributed by atoms with E-state index < -0.39 is 0 Å². The Morgan fingerprint density at radius 3 is 2.58 bits per heavy atom. The number of hydrogen-bond donors (Lipinski definition) is 1. The first-order valence-corrected chi connectivity index (χ1v) is 7.76. The Labute approximate surface area is 127 Å². The molecule has 1 aromatic heterocycles. The summed E-state index contributed by atoms with van der Waals surface area (Å²) in [6.07, 6.45) is 2.01. The minimum atomic E-state index is 0.617. The highest BCUT2D eigenvalue weighted by Crippen LogP contribution is 2.29. The van der Waals surface area contributed by atoms with Crippen molar-refractivity contribution in [2.24, 2.45) is 0 Å². The Balaban J connectivity index is 2.03. The fourth-order valence-corrected chi connectivity index (χ4v) is 3.08. The van der Waals surface area contributed by atoms with Gasteiger partial charge in [-0.3, -0.25) is 0 Å². The smallest absolute Gasteiger partial charge is 0.147 e. The minimum Gasteiger partial charge on any atom is -0.317 e. The molecule has 2 aromatic rings. The van der Waals surface area contributed by atoms with E-state index in [4.69, 9.17) is 23.2 Å². The normalized spacial score (nSPS) is 10.9. The van der Waals surface area contributed by atoms with Gasteiger partial charge in [-0.25, -0.2) is 0 Å². The summed E-state index contributed by atoms with van der Waals surface area (Å²) in [5.74, 6) is 0. The van der Waals surface area contributed by atoms with Crippen LogP contribution in [-0.4, -0.2) is 23.3 Å². The highest BCUT2D eigenvalue weighted by atomic mass is 35.5. The van der Waals surface area contributed by atoms with Crippen molar-refractivity contribution in [2.45, 2.75) is 19.8 Å². The number of hydrogen-bond acceptors (Lipinski definition) is 4. The van der Waals surface area contributed by atoms with Crippen LogP contribution in [0.2, 0.25) is 10.0 Å². The molecule has 3 nitrogen and oxygen atoms in total. The summed E-state index contributed by atoms with van der Waals surface area (Å²) in [5, 5.41) is 14.8. The number of aromatic nitrogens is 2. The third-order valence-corrected chi connectivity index (χ3v) is 4.04. The monoisotopic (exact) mass is 315 g/mol. The second-order valence-corrected chi connectivity index (χ2v) is 6.05. The van der Waals surface area contributed by atoms with Crippen LogP contribution in [0, 0.1) is 0 Å². The highest BCUT2D eigenvalue weighted by Gasteiger charge is 2.08. The first-order chi connectivity index (χ1) is 9.19. The first-order valence-electron chi connectivity index (χ1n) is 6.18. The van der Waals surface area contributed by atoms with Gasteiger partial charge >= 0.3 is 0 Å². The number of nitrogens with zero attached hydrogens (tertiary/aromatic N) is 2. The predicted molar refractivity (Wildman–Crippen MR) is 82.2 cm³/mol. The van der Waals surface area contributed by atoms with Crippen LogP contribution in [0.5, 0.6) is 0 Å². The zero-order chi connectivity index (χ0) is 13.7. The van der Waals surface area contributed by atoms with E-state index in [1.807, 2.05) is 12.1 Å². The van der Waals surface area contributed by atoms with Crippen molar-refractivity contribution in [2.75, 3.05) is 13.1 Å². The van der Waals surface area contributed by atoms with Crippen molar-refractivity contribution in [3.63, 3.8) is 0 Å². The third-order valence-electron chi connectivity index (χ3n) is 2.57. The molecule has 19 heavy (non-hydrogen) atoms. The van der Waals surface area contributed by atoms with Crippen molar-refractivity contribution < 1.29 is 0 Å². The van der Waals surface area contributed by atoms with Gasteiger partial charge in [0.2, 0.25) is 0 Å². The summed E-state index contributed by atoms with van der Waals surface area (Å²) in [6, 6.07) is 5.43. The Bertz CT molecular complexity index is 522. The highest BCUT2D eigenvalue weighted by molar-refractivity contribution is 7.14. The lowest BCUT2D eigenvalue weighted by molar-refractivity contribution is 0.669. The zero-order valence-electron chi connectivity index (χ0n) is 10.6. The summed E-state index contributed by atoms with van der Waals surface area (Å²) < 4.78 is 0. The topological polar surface area (TPSA) is 37.8 Å². The van der Waals surface area contributed by atoms with E-state index in [0.29, 0.717) is 10.0 Å². The molecule has 2 rings (SSSR count). The molecular weight excluding hydrogens is 301 g/mol. The molecule has 0 spiro atoms. The summed E-state index contributed by atoms with van der Waals surface area (Å²) >= 11 is 13.6. The van der Waals surface area contributed by atoms with E-state index in [1.165, 1.54) is 0 Å². The summed E-state index contributed by atoms with van der Waals surface area (Å²) in [7, 11) is 0. The molecule has 0 saturated heterocycles. The van der Waals surface area contributed by atoms with Gasteiger partial charge in [-0.2, -0.15) is 0 Å². The lowest BCUT2D eigenvalue weighted by Crippen LogP contribution is -2.14. The summed E-state index contributed by atoms with van der Waals surface area (Å²) in [4.78, 5) is 0. The molecule has 1 heterocycles. The molecule has 6 heteroatoms. The van der Waals surface area contributed by atoms with Gasteiger partial charge < -0.3 is 5.32 Å². The second kappa shape index (κ2) is 7.20. The van der Waals surface area contributed by atoms with E-state index in [2.05, 4.69) is 22.4 Å². The van der Waals surface area contributed by atoms with E-state index in [-0.39, 0.29) is 0 Å². The minimum absolute atomic E-state index is 0.617. The average molecular weight is 316 g/mol. The number of halogens is 2. The number of rotatable bonds is 6. The second-order valence-electron chi connectivity index (χ2n) is 4.12. The van der Waals surface area contributed by atoms with Crippen LogP contribution < -0.4 is 5.32 Å². The Morgan fingerprint density at radius 1 is 1.16 bits per heavy atom. The molecule has 0 amide bonds. The number of benzene rings is 1. The summed E-state index contributed by atoms with van der Waals surface area (Å²) in [5.41, 5.74) is 0.924. The molecule has 0 unspecified atom stereocenters. The zero-order valence-corrected chi connectivity index (χ0v) is 12.9. The molecule has 0 radical (unpaired) electrons. The lowest BCUT2D eigenvalue weighted by Gasteiger charge is -1.98. The van der Waals surface area contributed by atoms with Crippen molar-refractivity contribution in [3.8, 4) is 10.6 Å². The standard InChI is InChI=1S/C13H15Cl2N3S/c1-2-16-5-3-4-12-17-18-13(19-12)9-6-10(14)8-11(15)7-9/h6-8,16H,2-5H2,1H3. The lowest BCUT2D eigenvalue weighted by atomic mass is 10.2. The number of nitrogens with one attached hydrogen (secondary N) is 1. The first kappa shape index (κ1) is 14.7. The maximum absolute atomic E-state index is 5.99. The molecule has 0 aliphatic carbocycles. The average Bonchev–Trinajstić information content (AvgIpc) is 2.82. The van der Waals surface area contributed by atoms with Crippen LogP contribution in [0.15, 0.2) is 18.2 Å². The van der Waals surface area contributed by atoms with Crippen LogP contribution >= 0.6 is 34.5 Å². The maximum Gasteiger partial charge on any atom is 0.147 e. The molecule has 0 fully saturated rings. The maximum atomic E-state index is 5.99. The SMILES string of the molecule is CCNCCCc1nnc(-c2cc(Cl)cc(Cl)c2)s1. The molecular formula is C13H15Cl2N3S. The van der Waals surface area contributed by atoms with Crippen LogP contribution in [-0.2, 0) is 6.42 Å². The van der Waals surface area contributed by atoms with Gasteiger partial charge in [-0.15, -0.1) is 10.2 Å². The van der Waals surface area contributed by atoms with Gasteiger partial charge in [0.15, 0.2) is 0 Å². The molecule has 1 aromatic carbocycles. The molecule has 0 aliphatic heterocycles. The van der Waals surface area contributed by atoms with E-state index in [9.17, 15) is 0 Å². The van der Waals surface area contributed by atoms with Crippen LogP contribution in [0.25, 0.3) is 10.6 Å². The quantitative estimate of drug-likeness (QED) is 0.817. The fraction of sp³-hybridized carbons (Fsp3) is 0.385. The Kier molecular flexibility index (Phi) is 5.58. The molecule has 1 N–H and O–H groups in total. The van der Waals surface area contributed by atoms with Crippen LogP contribution in [0.4, 0.5) is 0 Å². The van der Waals surface area contributed by atoms with Gasteiger partial charge in [-0.1, -0.05) is 41.5 Å². The number of aryl methyl sites for hydroxylation is 1. The van der Waals surface area contributed by atoms with Gasteiger partial charge in [0.1, 0.15) is 10.0 Å². The molecule has 0 atom stereocenters. The van der Waals surface area contributed by atoms with E-state index >= 15 is 0 Å². The van der Waals surface area contributed by atoms with Crippen molar-refractivity contribution in [3.05, 3.63) is 33.3 Å². The fourth-order valence-electron chi connectivity index (χ4n) is 1.69. The van der Waals surface area contributed by atoms with Gasteiger partial charge in [-0.05, 0) is 37.7 Å². The van der Waals surface area contributed by atoms with Crippen molar-refractivity contribution in [1.29, 1.82) is 0 Å². The van der Waals surface area contributed by atoms with Crippen LogP contribution in [0.3, 0.4) is 0 Å². The van der Waals surface area contributed by atoms with Gasteiger partial charge in [0.05, 0.1) is 0 Å². The van der Waals surface area contributed by atoms with E-state index in [1.54, 1.807) is 17.4 Å². The largest absolute Gasteiger partial charge is 0.317 e.